The summed E-state index contributed by atoms with van der Waals surface area (Å²) < 4.78 is 14.4. The smallest absolute Gasteiger partial charge is 0.101 e. The average molecular weight is 1200 g/mol. The standard InChI is InChI=1S/C86H54N8/c1-52-43-54(44-53(2)88-52)68-45-55(51-87)85(93-81-39-35-56(89-73-27-11-3-19-60(73)61-20-4-12-28-74(61)89)46-69(81)70-47-57(36-40-82(70)93)90-75-29-13-5-21-62(75)63-22-6-14-30-76(63)90)50-86(68)94-83-41-37-58(91-77-31-15-7-23-64(77)65-24-8-16-32-78(65)91)48-71(83)72-49-59(38-42-84(72)94)92-79-33-17-9-25-66(79)67-26-10-18-34-80(67)92/h3-50H,1-2H3. The molecular weight excluding hydrogens is 1150 g/mol. The number of nitrogens with zero attached hydrogens (tertiary/aromatic N) is 8. The first kappa shape index (κ1) is 52.1. The Hall–Kier alpha value is -12.7. The number of nitriles is 1. The third kappa shape index (κ3) is 7.34. The van der Waals surface area contributed by atoms with Gasteiger partial charge < -0.3 is 27.4 Å². The molecule has 0 aliphatic heterocycles. The van der Waals surface area contributed by atoms with Gasteiger partial charge in [0.25, 0.3) is 0 Å². The minimum absolute atomic E-state index is 0.547. The second-order valence-electron chi connectivity index (χ2n) is 25.1. The van der Waals surface area contributed by atoms with Crippen LogP contribution in [0.3, 0.4) is 0 Å². The Morgan fingerprint density at radius 1 is 0.245 bits per heavy atom. The quantitative estimate of drug-likeness (QED) is 0.160. The van der Waals surface area contributed by atoms with Gasteiger partial charge in [-0.05, 0) is 165 Å². The lowest BCUT2D eigenvalue weighted by atomic mass is 9.98. The molecule has 0 saturated heterocycles. The Morgan fingerprint density at radius 3 is 0.755 bits per heavy atom. The van der Waals surface area contributed by atoms with Crippen molar-refractivity contribution in [2.75, 3.05) is 0 Å². The molecule has 94 heavy (non-hydrogen) atoms. The molecule has 20 rings (SSSR count). The predicted molar refractivity (Wildman–Crippen MR) is 390 cm³/mol. The second kappa shape index (κ2) is 19.7. The molecule has 7 heterocycles. The van der Waals surface area contributed by atoms with Crippen LogP contribution in [0.4, 0.5) is 0 Å². The Morgan fingerprint density at radius 2 is 0.489 bits per heavy atom. The molecule has 0 N–H and O–H groups in total. The molecule has 20 aromatic rings. The van der Waals surface area contributed by atoms with E-state index >= 15 is 0 Å². The summed E-state index contributed by atoms with van der Waals surface area (Å²) in [4.78, 5) is 4.91. The lowest BCUT2D eigenvalue weighted by molar-refractivity contribution is 1.11. The summed E-state index contributed by atoms with van der Waals surface area (Å²) in [6, 6.07) is 109. The van der Waals surface area contributed by atoms with Gasteiger partial charge in [0.1, 0.15) is 6.07 Å². The number of pyridine rings is 1. The monoisotopic (exact) mass is 1200 g/mol. The van der Waals surface area contributed by atoms with Gasteiger partial charge in [-0.3, -0.25) is 4.98 Å². The van der Waals surface area contributed by atoms with Crippen LogP contribution in [0.5, 0.6) is 0 Å². The summed E-state index contributed by atoms with van der Waals surface area (Å²) in [7, 11) is 0. The fourth-order valence-electron chi connectivity index (χ4n) is 16.1. The third-order valence-corrected chi connectivity index (χ3v) is 19.9. The molecule has 0 atom stereocenters. The topological polar surface area (TPSA) is 66.3 Å². The van der Waals surface area contributed by atoms with E-state index in [4.69, 9.17) is 4.98 Å². The fourth-order valence-corrected chi connectivity index (χ4v) is 16.1. The van der Waals surface area contributed by atoms with Gasteiger partial charge in [0.2, 0.25) is 0 Å². The summed E-state index contributed by atoms with van der Waals surface area (Å²) in [5.41, 5.74) is 23.4. The van der Waals surface area contributed by atoms with E-state index in [-0.39, 0.29) is 0 Å². The van der Waals surface area contributed by atoms with Crippen LogP contribution in [0.2, 0.25) is 0 Å². The predicted octanol–water partition coefficient (Wildman–Crippen LogP) is 21.8. The summed E-state index contributed by atoms with van der Waals surface area (Å²) in [5, 5.41) is 25.9. The van der Waals surface area contributed by atoms with E-state index in [1.807, 2.05) is 0 Å². The van der Waals surface area contributed by atoms with Crippen molar-refractivity contribution >= 4 is 131 Å². The van der Waals surface area contributed by atoms with Crippen LogP contribution in [0, 0.1) is 25.2 Å². The van der Waals surface area contributed by atoms with E-state index in [2.05, 4.69) is 339 Å². The first-order valence-electron chi connectivity index (χ1n) is 32.1. The molecule has 8 heteroatoms. The Balaban J connectivity index is 0.895. The Kier molecular flexibility index (Phi) is 10.9. The van der Waals surface area contributed by atoms with Crippen molar-refractivity contribution in [3.8, 4) is 51.3 Å². The Bertz CT molecular complexity index is 6150. The number of hydrogen-bond acceptors (Lipinski definition) is 2. The molecule has 0 bridgehead atoms. The Labute approximate surface area is 538 Å². The van der Waals surface area contributed by atoms with E-state index in [0.717, 1.165) is 144 Å². The molecule has 7 aromatic heterocycles. The van der Waals surface area contributed by atoms with Crippen molar-refractivity contribution < 1.29 is 0 Å². The molecule has 0 radical (unpaired) electrons. The zero-order valence-corrected chi connectivity index (χ0v) is 51.3. The van der Waals surface area contributed by atoms with E-state index in [1.165, 1.54) is 43.1 Å². The maximum atomic E-state index is 11.9. The molecule has 8 nitrogen and oxygen atoms in total. The minimum Gasteiger partial charge on any atom is -0.309 e. The van der Waals surface area contributed by atoms with Crippen LogP contribution in [0.1, 0.15) is 17.0 Å². The van der Waals surface area contributed by atoms with Crippen molar-refractivity contribution in [2.24, 2.45) is 0 Å². The van der Waals surface area contributed by atoms with E-state index < -0.39 is 0 Å². The largest absolute Gasteiger partial charge is 0.309 e. The molecule has 0 amide bonds. The molecule has 13 aromatic carbocycles. The van der Waals surface area contributed by atoms with Gasteiger partial charge in [-0.15, -0.1) is 0 Å². The van der Waals surface area contributed by atoms with Gasteiger partial charge >= 0.3 is 0 Å². The number of aryl methyl sites for hydroxylation is 2. The van der Waals surface area contributed by atoms with E-state index in [0.29, 0.717) is 5.56 Å². The van der Waals surface area contributed by atoms with Gasteiger partial charge in [-0.25, -0.2) is 0 Å². The van der Waals surface area contributed by atoms with Crippen LogP contribution < -0.4 is 0 Å². The van der Waals surface area contributed by atoms with E-state index in [9.17, 15) is 5.26 Å². The zero-order chi connectivity index (χ0) is 62.0. The van der Waals surface area contributed by atoms with Gasteiger partial charge in [-0.1, -0.05) is 146 Å². The van der Waals surface area contributed by atoms with Crippen LogP contribution in [-0.2, 0) is 0 Å². The molecule has 0 spiro atoms. The van der Waals surface area contributed by atoms with E-state index in [1.54, 1.807) is 0 Å². The van der Waals surface area contributed by atoms with Crippen molar-refractivity contribution in [3.63, 3.8) is 0 Å². The molecule has 0 saturated carbocycles. The summed E-state index contributed by atoms with van der Waals surface area (Å²) in [6.07, 6.45) is 0. The fraction of sp³-hybridized carbons (Fsp3) is 0.0233. The first-order chi connectivity index (χ1) is 46.4. The first-order valence-corrected chi connectivity index (χ1v) is 32.1. The highest BCUT2D eigenvalue weighted by Crippen LogP contribution is 2.46. The highest BCUT2D eigenvalue weighted by Gasteiger charge is 2.26. The number of aromatic nitrogens is 7. The highest BCUT2D eigenvalue weighted by molar-refractivity contribution is 6.17. The maximum Gasteiger partial charge on any atom is 0.101 e. The van der Waals surface area contributed by atoms with Crippen LogP contribution in [0.15, 0.2) is 291 Å². The lowest BCUT2D eigenvalue weighted by Crippen LogP contribution is -2.05. The number of rotatable bonds is 7. The molecule has 438 valence electrons. The van der Waals surface area contributed by atoms with Gasteiger partial charge in [0.05, 0.1) is 83.1 Å². The molecule has 0 unspecified atom stereocenters. The van der Waals surface area contributed by atoms with Gasteiger partial charge in [0.15, 0.2) is 0 Å². The molecule has 0 aliphatic carbocycles. The van der Waals surface area contributed by atoms with Crippen molar-refractivity contribution in [1.29, 1.82) is 5.26 Å². The minimum atomic E-state index is 0.547. The number of fused-ring (bicyclic) bond motifs is 18. The summed E-state index contributed by atoms with van der Waals surface area (Å²) >= 11 is 0. The normalized spacial score (nSPS) is 12.1. The van der Waals surface area contributed by atoms with Crippen molar-refractivity contribution in [2.45, 2.75) is 13.8 Å². The summed E-state index contributed by atoms with van der Waals surface area (Å²) in [6.45, 7) is 4.11. The van der Waals surface area contributed by atoms with Crippen molar-refractivity contribution in [1.82, 2.24) is 32.4 Å². The zero-order valence-electron chi connectivity index (χ0n) is 51.3. The van der Waals surface area contributed by atoms with Crippen molar-refractivity contribution in [3.05, 3.63) is 308 Å². The average Bonchev–Trinajstić information content (AvgIpc) is 1.54. The molecular formula is C86H54N8. The van der Waals surface area contributed by atoms with Gasteiger partial charge in [0, 0.05) is 104 Å². The molecule has 0 aliphatic rings. The lowest BCUT2D eigenvalue weighted by Gasteiger charge is -2.20. The highest BCUT2D eigenvalue weighted by atomic mass is 15.0. The molecule has 0 fully saturated rings. The second-order valence-corrected chi connectivity index (χ2v) is 25.1. The van der Waals surface area contributed by atoms with Gasteiger partial charge in [-0.2, -0.15) is 5.26 Å². The van der Waals surface area contributed by atoms with Crippen LogP contribution in [0.25, 0.3) is 176 Å². The third-order valence-electron chi connectivity index (χ3n) is 19.9. The summed E-state index contributed by atoms with van der Waals surface area (Å²) in [5.74, 6) is 0. The number of para-hydroxylation sites is 8. The number of benzene rings is 13. The van der Waals surface area contributed by atoms with Crippen LogP contribution >= 0.6 is 0 Å². The SMILES string of the molecule is Cc1cc(-c2cc(C#N)c(-n3c4ccc(-n5c6ccccc6c6ccccc65)cc4c4cc(-n5c6ccccc6c6ccccc65)ccc43)cc2-n2c3ccc(-n4c5ccccc5c5ccccc54)cc3c3cc(-n4c5ccccc5c5ccccc54)ccc32)cc(C)n1. The van der Waals surface area contributed by atoms with Crippen LogP contribution in [-0.4, -0.2) is 32.4 Å². The number of hydrogen-bond donors (Lipinski definition) is 0. The maximum absolute atomic E-state index is 11.9.